The van der Waals surface area contributed by atoms with E-state index in [9.17, 15) is 39.6 Å². The molecule has 0 saturated carbocycles. The molecule has 0 bridgehead atoms. The van der Waals surface area contributed by atoms with Gasteiger partial charge < -0.3 is 8.92 Å². The van der Waals surface area contributed by atoms with Crippen LogP contribution in [0.25, 0.3) is 0 Å². The van der Waals surface area contributed by atoms with E-state index in [2.05, 4.69) is 8.92 Å². The van der Waals surface area contributed by atoms with E-state index < -0.39 is 39.6 Å². The Kier molecular flexibility index (Phi) is 5.23. The van der Waals surface area contributed by atoms with E-state index >= 15 is 0 Å². The van der Waals surface area contributed by atoms with E-state index in [-0.39, 0.29) is 6.61 Å². The van der Waals surface area contributed by atoms with Gasteiger partial charge in [0.2, 0.25) is 5.76 Å². The molecule has 0 fully saturated rings. The Balaban J connectivity index is 5.41. The first-order valence-electron chi connectivity index (χ1n) is 4.27. The number of ether oxygens (including phenoxy) is 1. The third kappa shape index (κ3) is 5.36. The lowest BCUT2D eigenvalue weighted by Crippen LogP contribution is -2.29. The lowest BCUT2D eigenvalue weighted by molar-refractivity contribution is -0.140. The van der Waals surface area contributed by atoms with Gasteiger partial charge in [0.1, 0.15) is 0 Å². The molecular weight excluding hydrogens is 310 g/mol. The first-order chi connectivity index (χ1) is 8.31. The summed E-state index contributed by atoms with van der Waals surface area (Å²) < 4.78 is 99.8. The number of alkyl halides is 6. The van der Waals surface area contributed by atoms with E-state index in [4.69, 9.17) is 0 Å². The van der Waals surface area contributed by atoms with Crippen LogP contribution in [-0.2, 0) is 23.8 Å². The molecule has 0 radical (unpaired) electrons. The fourth-order valence-corrected chi connectivity index (χ4v) is 1.08. The van der Waals surface area contributed by atoms with E-state index in [1.54, 1.807) is 0 Å². The number of hydrogen-bond donors (Lipinski definition) is 0. The summed E-state index contributed by atoms with van der Waals surface area (Å²) in [4.78, 5) is 10.7. The molecular formula is C7H6F6O5S. The Morgan fingerprint density at radius 2 is 1.63 bits per heavy atom. The first kappa shape index (κ1) is 17.5. The van der Waals surface area contributed by atoms with Crippen LogP contribution in [0.1, 0.15) is 6.92 Å². The zero-order chi connectivity index (χ0) is 15.5. The Morgan fingerprint density at radius 1 is 1.16 bits per heavy atom. The summed E-state index contributed by atoms with van der Waals surface area (Å²) in [5.41, 5.74) is -6.06. The average Bonchev–Trinajstić information content (AvgIpc) is 2.13. The van der Waals surface area contributed by atoms with Crippen molar-refractivity contribution in [3.05, 3.63) is 11.8 Å². The molecule has 0 amide bonds. The molecule has 0 aromatic carbocycles. The highest BCUT2D eigenvalue weighted by Crippen LogP contribution is 2.33. The minimum atomic E-state index is -6.54. The van der Waals surface area contributed by atoms with Crippen molar-refractivity contribution < 1.29 is 48.5 Å². The fraction of sp³-hybridized carbons (Fsp3) is 0.571. The van der Waals surface area contributed by atoms with Crippen LogP contribution in [-0.4, -0.2) is 32.7 Å². The maximum atomic E-state index is 12.2. The summed E-state index contributed by atoms with van der Waals surface area (Å²) in [6.45, 7) is 0.846. The first-order valence-corrected chi connectivity index (χ1v) is 5.68. The number of esters is 1. The summed E-state index contributed by atoms with van der Waals surface area (Å²) >= 11 is 0. The number of halogens is 6. The molecule has 19 heavy (non-hydrogen) atoms. The zero-order valence-electron chi connectivity index (χ0n) is 9.00. The van der Waals surface area contributed by atoms with Gasteiger partial charge in [-0.1, -0.05) is 0 Å². The highest BCUT2D eigenvalue weighted by Gasteiger charge is 2.52. The average molecular weight is 316 g/mol. The number of carbonyl (C=O) groups excluding carboxylic acids is 1. The number of allylic oxidation sites excluding steroid dienone is 1. The monoisotopic (exact) mass is 316 g/mol. The lowest BCUT2D eigenvalue weighted by Gasteiger charge is -2.14. The second-order valence-electron chi connectivity index (χ2n) is 2.74. The number of carbonyl (C=O) groups is 1. The van der Waals surface area contributed by atoms with Gasteiger partial charge in [0.25, 0.3) is 0 Å². The van der Waals surface area contributed by atoms with Crippen LogP contribution in [0, 0.1) is 0 Å². The fourth-order valence-electron chi connectivity index (χ4n) is 0.610. The lowest BCUT2D eigenvalue weighted by atomic mass is 10.4. The van der Waals surface area contributed by atoms with Crippen LogP contribution in [0.2, 0.25) is 0 Å². The van der Waals surface area contributed by atoms with E-state index in [1.165, 1.54) is 6.92 Å². The van der Waals surface area contributed by atoms with Crippen molar-refractivity contribution in [2.75, 3.05) is 6.61 Å². The second-order valence-corrected chi connectivity index (χ2v) is 4.28. The molecule has 112 valence electrons. The Bertz CT molecular complexity index is 459. The number of rotatable bonds is 4. The van der Waals surface area contributed by atoms with Gasteiger partial charge >= 0.3 is 27.8 Å². The van der Waals surface area contributed by atoms with Gasteiger partial charge in [-0.15, -0.1) is 0 Å². The molecule has 0 N–H and O–H groups in total. The Labute approximate surface area is 102 Å². The van der Waals surface area contributed by atoms with Crippen molar-refractivity contribution in [2.24, 2.45) is 0 Å². The van der Waals surface area contributed by atoms with Crippen LogP contribution >= 0.6 is 0 Å². The van der Waals surface area contributed by atoms with Gasteiger partial charge in [-0.25, -0.2) is 4.79 Å². The molecule has 12 heteroatoms. The zero-order valence-corrected chi connectivity index (χ0v) is 9.82. The van der Waals surface area contributed by atoms with Crippen molar-refractivity contribution in [3.8, 4) is 0 Å². The summed E-state index contributed by atoms with van der Waals surface area (Å²) in [5.74, 6) is -4.35. The standard InChI is InChI=1S/C7H6F6O5S/c1-2-17-5(14)3-4(6(8,9)10)18-19(15,16)7(11,12)13/h3H,2H2,1H3/b4-3+. The van der Waals surface area contributed by atoms with Crippen LogP contribution in [0.4, 0.5) is 26.3 Å². The predicted octanol–water partition coefficient (Wildman–Crippen LogP) is 1.86. The smallest absolute Gasteiger partial charge is 0.463 e. The van der Waals surface area contributed by atoms with Crippen molar-refractivity contribution in [1.29, 1.82) is 0 Å². The molecule has 5 nitrogen and oxygen atoms in total. The van der Waals surface area contributed by atoms with E-state index in [0.717, 1.165) is 0 Å². The molecule has 0 unspecified atom stereocenters. The van der Waals surface area contributed by atoms with Gasteiger partial charge in [0.05, 0.1) is 12.7 Å². The summed E-state index contributed by atoms with van der Waals surface area (Å²) in [5, 5.41) is 0. The van der Waals surface area contributed by atoms with Gasteiger partial charge in [-0.3, -0.25) is 0 Å². The molecule has 0 aliphatic carbocycles. The summed E-state index contributed by atoms with van der Waals surface area (Å²) in [6, 6.07) is 0. The van der Waals surface area contributed by atoms with Crippen molar-refractivity contribution in [2.45, 2.75) is 18.6 Å². The van der Waals surface area contributed by atoms with Crippen LogP contribution in [0.3, 0.4) is 0 Å². The molecule has 0 saturated heterocycles. The predicted molar refractivity (Wildman–Crippen MR) is 46.8 cm³/mol. The van der Waals surface area contributed by atoms with Gasteiger partial charge in [0.15, 0.2) is 0 Å². The summed E-state index contributed by atoms with van der Waals surface area (Å²) in [7, 11) is -6.54. The van der Waals surface area contributed by atoms with Crippen molar-refractivity contribution in [1.82, 2.24) is 0 Å². The molecule has 0 atom stereocenters. The van der Waals surface area contributed by atoms with Gasteiger partial charge in [-0.05, 0) is 6.92 Å². The Hall–Kier alpha value is -1.46. The summed E-state index contributed by atoms with van der Waals surface area (Å²) in [6.07, 6.45) is -6.15. The van der Waals surface area contributed by atoms with Crippen LogP contribution in [0.5, 0.6) is 0 Å². The van der Waals surface area contributed by atoms with E-state index in [1.807, 2.05) is 0 Å². The molecule has 0 aliphatic heterocycles. The SMILES string of the molecule is CCOC(=O)/C=C(/OS(=O)(=O)C(F)(F)F)C(F)(F)F. The maximum Gasteiger partial charge on any atom is 0.534 e. The quantitative estimate of drug-likeness (QED) is 0.198. The van der Waals surface area contributed by atoms with Gasteiger partial charge in [-0.2, -0.15) is 34.8 Å². The van der Waals surface area contributed by atoms with Crippen molar-refractivity contribution in [3.63, 3.8) is 0 Å². The topological polar surface area (TPSA) is 69.7 Å². The Morgan fingerprint density at radius 3 is 1.95 bits per heavy atom. The normalized spacial score (nSPS) is 14.2. The minimum absolute atomic E-state index is 0.369. The molecule has 0 heterocycles. The third-order valence-electron chi connectivity index (χ3n) is 1.30. The van der Waals surface area contributed by atoms with Crippen molar-refractivity contribution >= 4 is 16.1 Å². The number of hydrogen-bond acceptors (Lipinski definition) is 5. The van der Waals surface area contributed by atoms with Crippen LogP contribution in [0.15, 0.2) is 11.8 Å². The molecule has 0 aromatic heterocycles. The minimum Gasteiger partial charge on any atom is -0.463 e. The molecule has 0 rings (SSSR count). The second kappa shape index (κ2) is 5.67. The van der Waals surface area contributed by atoms with Crippen LogP contribution < -0.4 is 0 Å². The largest absolute Gasteiger partial charge is 0.534 e. The molecule has 0 aliphatic rings. The highest BCUT2D eigenvalue weighted by atomic mass is 32.2. The third-order valence-corrected chi connectivity index (χ3v) is 2.26. The molecule has 0 spiro atoms. The highest BCUT2D eigenvalue weighted by molar-refractivity contribution is 7.87. The molecule has 0 aromatic rings. The van der Waals surface area contributed by atoms with Gasteiger partial charge in [0, 0.05) is 0 Å². The van der Waals surface area contributed by atoms with E-state index in [0.29, 0.717) is 0 Å². The maximum absolute atomic E-state index is 12.2.